The second-order valence-electron chi connectivity index (χ2n) is 6.33. The van der Waals surface area contributed by atoms with Gasteiger partial charge in [0.1, 0.15) is 17.3 Å². The Morgan fingerprint density at radius 3 is 2.50 bits per heavy atom. The molecule has 1 atom stereocenters. The minimum Gasteiger partial charge on any atom is -0.497 e. The molecule has 146 valence electrons. The van der Waals surface area contributed by atoms with Crippen LogP contribution < -0.4 is 14.8 Å². The van der Waals surface area contributed by atoms with Crippen LogP contribution in [0.2, 0.25) is 0 Å². The van der Waals surface area contributed by atoms with E-state index in [1.807, 2.05) is 13.8 Å². The summed E-state index contributed by atoms with van der Waals surface area (Å²) in [7, 11) is 3.05. The van der Waals surface area contributed by atoms with Crippen molar-refractivity contribution >= 4 is 5.91 Å². The van der Waals surface area contributed by atoms with Gasteiger partial charge in [0.15, 0.2) is 0 Å². The van der Waals surface area contributed by atoms with Crippen molar-refractivity contribution in [2.24, 2.45) is 0 Å². The summed E-state index contributed by atoms with van der Waals surface area (Å²) in [5.74, 6) is 0.446. The smallest absolute Gasteiger partial charge is 0.255 e. The van der Waals surface area contributed by atoms with Crippen molar-refractivity contribution in [2.45, 2.75) is 19.9 Å². The second-order valence-corrected chi connectivity index (χ2v) is 6.33. The number of ether oxygens (including phenoxy) is 2. The maximum atomic E-state index is 13.2. The molecule has 0 spiro atoms. The van der Waals surface area contributed by atoms with Gasteiger partial charge in [0.2, 0.25) is 0 Å². The summed E-state index contributed by atoms with van der Waals surface area (Å²) in [4.78, 5) is 12.8. The van der Waals surface area contributed by atoms with Crippen molar-refractivity contribution in [3.63, 3.8) is 0 Å². The lowest BCUT2D eigenvalue weighted by Gasteiger charge is -2.16. The number of rotatable bonds is 6. The van der Waals surface area contributed by atoms with Crippen molar-refractivity contribution in [3.05, 3.63) is 71.3 Å². The van der Waals surface area contributed by atoms with Gasteiger partial charge in [-0.25, -0.2) is 9.07 Å². The number of carbonyl (C=O) groups excluding carboxylic acids is 1. The molecule has 0 aliphatic carbocycles. The van der Waals surface area contributed by atoms with Crippen LogP contribution in [-0.2, 0) is 0 Å². The van der Waals surface area contributed by atoms with Gasteiger partial charge in [0.05, 0.1) is 37.7 Å². The number of aromatic nitrogens is 2. The summed E-state index contributed by atoms with van der Waals surface area (Å²) in [5.41, 5.74) is 2.85. The fraction of sp³-hybridized carbons (Fsp3) is 0.238. The van der Waals surface area contributed by atoms with Gasteiger partial charge in [-0.1, -0.05) is 0 Å². The highest BCUT2D eigenvalue weighted by Crippen LogP contribution is 2.26. The summed E-state index contributed by atoms with van der Waals surface area (Å²) in [6.07, 6.45) is 1.70. The van der Waals surface area contributed by atoms with Crippen molar-refractivity contribution in [1.29, 1.82) is 0 Å². The molecule has 3 rings (SSSR count). The maximum absolute atomic E-state index is 13.2. The molecule has 7 heteroatoms. The average Bonchev–Trinajstić information content (AvgIpc) is 3.09. The van der Waals surface area contributed by atoms with E-state index in [9.17, 15) is 9.18 Å². The first kappa shape index (κ1) is 19.4. The first-order valence-electron chi connectivity index (χ1n) is 8.78. The number of nitrogens with one attached hydrogen (secondary N) is 1. The lowest BCUT2D eigenvalue weighted by Crippen LogP contribution is -2.27. The van der Waals surface area contributed by atoms with E-state index in [4.69, 9.17) is 9.47 Å². The number of carbonyl (C=O) groups is 1. The van der Waals surface area contributed by atoms with Gasteiger partial charge in [-0.15, -0.1) is 0 Å². The van der Waals surface area contributed by atoms with E-state index in [0.717, 1.165) is 16.9 Å². The highest BCUT2D eigenvalue weighted by atomic mass is 19.1. The zero-order chi connectivity index (χ0) is 20.3. The van der Waals surface area contributed by atoms with Crippen LogP contribution in [0.1, 0.15) is 34.6 Å². The molecule has 0 saturated carbocycles. The first-order chi connectivity index (χ1) is 13.4. The van der Waals surface area contributed by atoms with E-state index in [1.54, 1.807) is 48.3 Å². The minimum absolute atomic E-state index is 0.280. The third-order valence-electron chi connectivity index (χ3n) is 4.58. The third-order valence-corrected chi connectivity index (χ3v) is 4.58. The molecule has 0 saturated heterocycles. The SMILES string of the molecule is COc1ccc(OC)c(C(=O)NC(C)c2cnn(-c3ccc(F)cc3)c2C)c1. The van der Waals surface area contributed by atoms with Gasteiger partial charge < -0.3 is 14.8 Å². The van der Waals surface area contributed by atoms with Crippen molar-refractivity contribution in [3.8, 4) is 17.2 Å². The van der Waals surface area contributed by atoms with Crippen LogP contribution >= 0.6 is 0 Å². The van der Waals surface area contributed by atoms with E-state index in [-0.39, 0.29) is 17.8 Å². The number of nitrogens with zero attached hydrogens (tertiary/aromatic N) is 2. The van der Waals surface area contributed by atoms with Crippen LogP contribution in [-0.4, -0.2) is 29.9 Å². The molecule has 1 N–H and O–H groups in total. The number of halogens is 1. The topological polar surface area (TPSA) is 65.4 Å². The Kier molecular flexibility index (Phi) is 5.63. The molecule has 1 amide bonds. The van der Waals surface area contributed by atoms with E-state index in [2.05, 4.69) is 10.4 Å². The number of hydrogen-bond donors (Lipinski definition) is 1. The fourth-order valence-electron chi connectivity index (χ4n) is 3.03. The molecule has 0 bridgehead atoms. The molecule has 2 aromatic carbocycles. The third kappa shape index (κ3) is 3.83. The van der Waals surface area contributed by atoms with Crippen molar-refractivity contribution < 1.29 is 18.7 Å². The molecule has 1 aromatic heterocycles. The van der Waals surface area contributed by atoms with Gasteiger partial charge in [0, 0.05) is 11.3 Å². The van der Waals surface area contributed by atoms with E-state index in [1.165, 1.54) is 19.2 Å². The normalized spacial score (nSPS) is 11.8. The second kappa shape index (κ2) is 8.12. The van der Waals surface area contributed by atoms with Crippen molar-refractivity contribution in [1.82, 2.24) is 15.1 Å². The Balaban J connectivity index is 1.83. The largest absolute Gasteiger partial charge is 0.497 e. The van der Waals surface area contributed by atoms with Gasteiger partial charge >= 0.3 is 0 Å². The van der Waals surface area contributed by atoms with Crippen LogP contribution in [0.4, 0.5) is 4.39 Å². The molecular weight excluding hydrogens is 361 g/mol. The van der Waals surface area contributed by atoms with E-state index in [0.29, 0.717) is 17.1 Å². The summed E-state index contributed by atoms with van der Waals surface area (Å²) in [5, 5.41) is 7.34. The summed E-state index contributed by atoms with van der Waals surface area (Å²) in [6.45, 7) is 3.78. The molecule has 1 unspecified atom stereocenters. The molecule has 3 aromatic rings. The molecule has 1 heterocycles. The number of methoxy groups -OCH3 is 2. The number of amides is 1. The Bertz CT molecular complexity index is 983. The van der Waals surface area contributed by atoms with Crippen LogP contribution in [0.25, 0.3) is 5.69 Å². The monoisotopic (exact) mass is 383 g/mol. The van der Waals surface area contributed by atoms with Crippen molar-refractivity contribution in [2.75, 3.05) is 14.2 Å². The van der Waals surface area contributed by atoms with Crippen LogP contribution in [0, 0.1) is 12.7 Å². The predicted octanol–water partition coefficient (Wildman–Crippen LogP) is 3.83. The summed E-state index contributed by atoms with van der Waals surface area (Å²) >= 11 is 0. The lowest BCUT2D eigenvalue weighted by atomic mass is 10.1. The Morgan fingerprint density at radius 2 is 1.86 bits per heavy atom. The zero-order valence-corrected chi connectivity index (χ0v) is 16.2. The highest BCUT2D eigenvalue weighted by Gasteiger charge is 2.20. The molecule has 0 aliphatic rings. The molecule has 0 fully saturated rings. The summed E-state index contributed by atoms with van der Waals surface area (Å²) < 4.78 is 25.4. The first-order valence-corrected chi connectivity index (χ1v) is 8.78. The van der Waals surface area contributed by atoms with Crippen LogP contribution in [0.15, 0.2) is 48.7 Å². The molecule has 0 radical (unpaired) electrons. The quantitative estimate of drug-likeness (QED) is 0.703. The Hall–Kier alpha value is -3.35. The average molecular weight is 383 g/mol. The fourth-order valence-corrected chi connectivity index (χ4v) is 3.03. The predicted molar refractivity (Wildman–Crippen MR) is 104 cm³/mol. The van der Waals surface area contributed by atoms with E-state index < -0.39 is 0 Å². The molecule has 0 aliphatic heterocycles. The van der Waals surface area contributed by atoms with Gasteiger partial charge in [-0.3, -0.25) is 4.79 Å². The number of benzene rings is 2. The van der Waals surface area contributed by atoms with Crippen LogP contribution in [0.3, 0.4) is 0 Å². The zero-order valence-electron chi connectivity index (χ0n) is 16.2. The highest BCUT2D eigenvalue weighted by molar-refractivity contribution is 5.97. The lowest BCUT2D eigenvalue weighted by molar-refractivity contribution is 0.0936. The molecule has 6 nitrogen and oxygen atoms in total. The Morgan fingerprint density at radius 1 is 1.14 bits per heavy atom. The molecular formula is C21H22FN3O3. The van der Waals surface area contributed by atoms with E-state index >= 15 is 0 Å². The standard InChI is InChI=1S/C21H22FN3O3/c1-13(24-21(26)18-11-17(27-3)9-10-20(18)28-4)19-12-23-25(14(19)2)16-7-5-15(22)6-8-16/h5-13H,1-4H3,(H,24,26). The van der Waals surface area contributed by atoms with Gasteiger partial charge in [-0.2, -0.15) is 5.10 Å². The maximum Gasteiger partial charge on any atom is 0.255 e. The van der Waals surface area contributed by atoms with Gasteiger partial charge in [-0.05, 0) is 56.3 Å². The summed E-state index contributed by atoms with van der Waals surface area (Å²) in [6, 6.07) is 10.8. The Labute approximate surface area is 162 Å². The van der Waals surface area contributed by atoms with Gasteiger partial charge in [0.25, 0.3) is 5.91 Å². The minimum atomic E-state index is -0.304. The molecule has 28 heavy (non-hydrogen) atoms. The van der Waals surface area contributed by atoms with Crippen LogP contribution in [0.5, 0.6) is 11.5 Å². The number of hydrogen-bond acceptors (Lipinski definition) is 4.